The highest BCUT2D eigenvalue weighted by Gasteiger charge is 2.41. The summed E-state index contributed by atoms with van der Waals surface area (Å²) in [6, 6.07) is 1.74. The summed E-state index contributed by atoms with van der Waals surface area (Å²) in [6.45, 7) is 5.54. The van der Waals surface area contributed by atoms with Crippen molar-refractivity contribution in [2.45, 2.75) is 26.7 Å². The molecule has 1 N–H and O–H groups in total. The number of carbonyl (C=O) groups is 1. The zero-order valence-electron chi connectivity index (χ0n) is 11.0. The minimum Gasteiger partial charge on any atom is -0.478 e. The molecule has 0 saturated carbocycles. The number of aromatic carboxylic acids is 1. The average Bonchev–Trinajstić information content (AvgIpc) is 2.30. The molecule has 0 aromatic heterocycles. The summed E-state index contributed by atoms with van der Waals surface area (Å²) in [7, 11) is 0. The number of hydrogen-bond donors (Lipinski definition) is 1. The Morgan fingerprint density at radius 1 is 1.26 bits per heavy atom. The van der Waals surface area contributed by atoms with E-state index in [0.29, 0.717) is 19.2 Å². The predicted octanol–water partition coefficient (Wildman–Crippen LogP) is 3.29. The Balaban J connectivity index is 2.28. The monoisotopic (exact) mass is 269 g/mol. The maximum Gasteiger partial charge on any atom is 0.338 e. The number of carboxylic acid groups (broad SMARTS) is 1. The van der Waals surface area contributed by atoms with E-state index in [0.717, 1.165) is 18.9 Å². The molecule has 19 heavy (non-hydrogen) atoms. The van der Waals surface area contributed by atoms with Crippen LogP contribution in [0.4, 0.5) is 14.5 Å². The van der Waals surface area contributed by atoms with E-state index >= 15 is 0 Å². The zero-order valence-corrected chi connectivity index (χ0v) is 11.0. The second kappa shape index (κ2) is 4.79. The topological polar surface area (TPSA) is 40.5 Å². The van der Waals surface area contributed by atoms with Crippen LogP contribution in [0.25, 0.3) is 0 Å². The summed E-state index contributed by atoms with van der Waals surface area (Å²) in [4.78, 5) is 12.6. The fourth-order valence-electron chi connectivity index (χ4n) is 2.57. The van der Waals surface area contributed by atoms with Crippen LogP contribution in [0.15, 0.2) is 12.1 Å². The molecule has 1 heterocycles. The molecule has 104 valence electrons. The minimum absolute atomic E-state index is 0.171. The average molecular weight is 269 g/mol. The van der Waals surface area contributed by atoms with E-state index in [2.05, 4.69) is 13.8 Å². The molecule has 1 aliphatic rings. The number of nitrogens with zero attached hydrogens (tertiary/aromatic N) is 1. The van der Waals surface area contributed by atoms with Gasteiger partial charge in [0.05, 0.1) is 11.3 Å². The standard InChI is InChI=1S/C14H17F2NO2/c1-3-14(4-2)7-17(8-14)12-5-9(13(18)19)10(15)6-11(12)16/h5-6H,3-4,7-8H2,1-2H3,(H,18,19). The highest BCUT2D eigenvalue weighted by molar-refractivity contribution is 5.89. The normalized spacial score (nSPS) is 17.2. The molecule has 1 aromatic rings. The van der Waals surface area contributed by atoms with Crippen molar-refractivity contribution in [3.8, 4) is 0 Å². The van der Waals surface area contributed by atoms with Gasteiger partial charge in [0.1, 0.15) is 11.6 Å². The van der Waals surface area contributed by atoms with E-state index in [1.807, 2.05) is 0 Å². The Hall–Kier alpha value is -1.65. The first kappa shape index (κ1) is 13.8. The quantitative estimate of drug-likeness (QED) is 0.911. The maximum absolute atomic E-state index is 13.8. The summed E-state index contributed by atoms with van der Waals surface area (Å²) < 4.78 is 27.1. The van der Waals surface area contributed by atoms with Crippen molar-refractivity contribution in [3.63, 3.8) is 0 Å². The summed E-state index contributed by atoms with van der Waals surface area (Å²) >= 11 is 0. The Bertz CT molecular complexity index is 504. The fourth-order valence-corrected chi connectivity index (χ4v) is 2.57. The van der Waals surface area contributed by atoms with Gasteiger partial charge in [0.2, 0.25) is 0 Å². The molecule has 0 radical (unpaired) electrons. The third-order valence-corrected chi connectivity index (χ3v) is 4.16. The number of carboxylic acids is 1. The first-order chi connectivity index (χ1) is 8.92. The van der Waals surface area contributed by atoms with E-state index in [1.54, 1.807) is 4.90 Å². The SMILES string of the molecule is CCC1(CC)CN(c2cc(C(=O)O)c(F)cc2F)C1. The van der Waals surface area contributed by atoms with Gasteiger partial charge in [0.25, 0.3) is 0 Å². The van der Waals surface area contributed by atoms with E-state index < -0.39 is 23.2 Å². The molecule has 1 aromatic carbocycles. The van der Waals surface area contributed by atoms with Crippen LogP contribution in [-0.2, 0) is 0 Å². The summed E-state index contributed by atoms with van der Waals surface area (Å²) in [5.41, 5.74) is -0.136. The van der Waals surface area contributed by atoms with Crippen molar-refractivity contribution in [3.05, 3.63) is 29.3 Å². The molecule has 2 rings (SSSR count). The lowest BCUT2D eigenvalue weighted by Gasteiger charge is -2.51. The van der Waals surface area contributed by atoms with E-state index in [4.69, 9.17) is 5.11 Å². The molecule has 0 spiro atoms. The number of benzene rings is 1. The van der Waals surface area contributed by atoms with Crippen molar-refractivity contribution in [2.75, 3.05) is 18.0 Å². The number of anilines is 1. The van der Waals surface area contributed by atoms with Gasteiger partial charge < -0.3 is 10.0 Å². The minimum atomic E-state index is -1.38. The fraction of sp³-hybridized carbons (Fsp3) is 0.500. The van der Waals surface area contributed by atoms with E-state index in [9.17, 15) is 13.6 Å². The lowest BCUT2D eigenvalue weighted by Crippen LogP contribution is -2.56. The van der Waals surface area contributed by atoms with Crippen LogP contribution in [0.5, 0.6) is 0 Å². The van der Waals surface area contributed by atoms with E-state index in [-0.39, 0.29) is 11.1 Å². The number of hydrogen-bond acceptors (Lipinski definition) is 2. The van der Waals surface area contributed by atoms with Gasteiger partial charge in [0, 0.05) is 24.6 Å². The third kappa shape index (κ3) is 2.29. The van der Waals surface area contributed by atoms with Crippen LogP contribution in [0.1, 0.15) is 37.0 Å². The van der Waals surface area contributed by atoms with Crippen LogP contribution in [-0.4, -0.2) is 24.2 Å². The van der Waals surface area contributed by atoms with Crippen molar-refractivity contribution < 1.29 is 18.7 Å². The summed E-state index contributed by atoms with van der Waals surface area (Å²) in [5.74, 6) is -3.12. The van der Waals surface area contributed by atoms with Crippen LogP contribution in [0.2, 0.25) is 0 Å². The number of halogens is 2. The molecule has 3 nitrogen and oxygen atoms in total. The number of rotatable bonds is 4. The van der Waals surface area contributed by atoms with Gasteiger partial charge in [-0.2, -0.15) is 0 Å². The first-order valence-corrected chi connectivity index (χ1v) is 6.39. The molecule has 5 heteroatoms. The van der Waals surface area contributed by atoms with Gasteiger partial charge in [-0.25, -0.2) is 13.6 Å². The van der Waals surface area contributed by atoms with Gasteiger partial charge in [-0.15, -0.1) is 0 Å². The second-order valence-corrected chi connectivity index (χ2v) is 5.15. The van der Waals surface area contributed by atoms with Crippen LogP contribution in [0, 0.1) is 17.0 Å². The van der Waals surface area contributed by atoms with Gasteiger partial charge in [-0.05, 0) is 18.9 Å². The Kier molecular flexibility index (Phi) is 3.47. The molecule has 1 fully saturated rings. The van der Waals surface area contributed by atoms with E-state index in [1.165, 1.54) is 0 Å². The van der Waals surface area contributed by atoms with Gasteiger partial charge in [0.15, 0.2) is 0 Å². The Morgan fingerprint density at radius 2 is 1.84 bits per heavy atom. The third-order valence-electron chi connectivity index (χ3n) is 4.16. The lowest BCUT2D eigenvalue weighted by molar-refractivity contribution is 0.0691. The van der Waals surface area contributed by atoms with Crippen molar-refractivity contribution in [1.29, 1.82) is 0 Å². The molecular weight excluding hydrogens is 252 g/mol. The van der Waals surface area contributed by atoms with Crippen molar-refractivity contribution in [1.82, 2.24) is 0 Å². The van der Waals surface area contributed by atoms with Gasteiger partial charge in [-0.1, -0.05) is 13.8 Å². The molecule has 1 aliphatic heterocycles. The molecule has 0 unspecified atom stereocenters. The van der Waals surface area contributed by atoms with Crippen molar-refractivity contribution >= 4 is 11.7 Å². The zero-order chi connectivity index (χ0) is 14.2. The molecule has 0 amide bonds. The molecule has 0 bridgehead atoms. The smallest absolute Gasteiger partial charge is 0.338 e. The van der Waals surface area contributed by atoms with Crippen molar-refractivity contribution in [2.24, 2.45) is 5.41 Å². The molecule has 1 saturated heterocycles. The molecule has 0 atom stereocenters. The van der Waals surface area contributed by atoms with Crippen LogP contribution < -0.4 is 4.90 Å². The highest BCUT2D eigenvalue weighted by Crippen LogP contribution is 2.41. The Labute approximate surface area is 110 Å². The van der Waals surface area contributed by atoms with Gasteiger partial charge >= 0.3 is 5.97 Å². The molecular formula is C14H17F2NO2. The Morgan fingerprint density at radius 3 is 2.32 bits per heavy atom. The maximum atomic E-state index is 13.8. The summed E-state index contributed by atoms with van der Waals surface area (Å²) in [5, 5.41) is 8.87. The summed E-state index contributed by atoms with van der Waals surface area (Å²) in [6.07, 6.45) is 1.99. The van der Waals surface area contributed by atoms with Crippen LogP contribution in [0.3, 0.4) is 0 Å². The van der Waals surface area contributed by atoms with Crippen LogP contribution >= 0.6 is 0 Å². The second-order valence-electron chi connectivity index (χ2n) is 5.15. The molecule has 0 aliphatic carbocycles. The highest BCUT2D eigenvalue weighted by atomic mass is 19.1. The first-order valence-electron chi connectivity index (χ1n) is 6.39. The van der Waals surface area contributed by atoms with Gasteiger partial charge in [-0.3, -0.25) is 0 Å². The predicted molar refractivity (Wildman–Crippen MR) is 68.5 cm³/mol. The largest absolute Gasteiger partial charge is 0.478 e. The lowest BCUT2D eigenvalue weighted by atomic mass is 9.75.